The Kier molecular flexibility index (Phi) is 4.05. The first-order chi connectivity index (χ1) is 11.4. The van der Waals surface area contributed by atoms with Gasteiger partial charge in [-0.2, -0.15) is 0 Å². The number of rotatable bonds is 3. The van der Waals surface area contributed by atoms with Crippen molar-refractivity contribution in [1.82, 2.24) is 14.9 Å². The van der Waals surface area contributed by atoms with E-state index in [9.17, 15) is 4.79 Å². The van der Waals surface area contributed by atoms with E-state index in [0.717, 1.165) is 16.9 Å². The number of nitrogens with one attached hydrogen (secondary N) is 1. The van der Waals surface area contributed by atoms with Gasteiger partial charge < -0.3 is 19.4 Å². The van der Waals surface area contributed by atoms with E-state index in [2.05, 4.69) is 10.3 Å². The summed E-state index contributed by atoms with van der Waals surface area (Å²) in [6.45, 7) is 6.30. The molecule has 1 aliphatic heterocycles. The Morgan fingerprint density at radius 1 is 1.42 bits per heavy atom. The maximum absolute atomic E-state index is 12.0. The third kappa shape index (κ3) is 3.27. The van der Waals surface area contributed by atoms with E-state index in [1.165, 1.54) is 0 Å². The van der Waals surface area contributed by atoms with Crippen LogP contribution in [0.2, 0.25) is 0 Å². The first-order valence-electron chi connectivity index (χ1n) is 7.76. The quantitative estimate of drug-likeness (QED) is 0.880. The van der Waals surface area contributed by atoms with Gasteiger partial charge in [0, 0.05) is 6.20 Å². The lowest BCUT2D eigenvalue weighted by Crippen LogP contribution is -2.47. The third-order valence-corrected chi connectivity index (χ3v) is 3.78. The van der Waals surface area contributed by atoms with Gasteiger partial charge >= 0.3 is 0 Å². The van der Waals surface area contributed by atoms with Gasteiger partial charge in [0.2, 0.25) is 0 Å². The molecule has 1 amide bonds. The first-order valence-corrected chi connectivity index (χ1v) is 7.76. The van der Waals surface area contributed by atoms with Crippen molar-refractivity contribution in [2.45, 2.75) is 26.4 Å². The Morgan fingerprint density at radius 3 is 2.88 bits per heavy atom. The van der Waals surface area contributed by atoms with E-state index in [0.29, 0.717) is 18.1 Å². The van der Waals surface area contributed by atoms with Gasteiger partial charge in [-0.15, -0.1) is 0 Å². The summed E-state index contributed by atoms with van der Waals surface area (Å²) in [5, 5.41) is 2.84. The molecule has 1 fully saturated rings. The summed E-state index contributed by atoms with van der Waals surface area (Å²) < 4.78 is 13.2. The van der Waals surface area contributed by atoms with E-state index in [4.69, 9.17) is 9.47 Å². The zero-order chi connectivity index (χ0) is 17.3. The third-order valence-electron chi connectivity index (χ3n) is 3.78. The van der Waals surface area contributed by atoms with E-state index in [-0.39, 0.29) is 5.91 Å². The maximum Gasteiger partial charge on any atom is 0.286 e. The number of amides is 1. The van der Waals surface area contributed by atoms with Crippen molar-refractivity contribution in [3.8, 4) is 11.4 Å². The van der Waals surface area contributed by atoms with Crippen LogP contribution in [0, 0.1) is 6.92 Å². The molecular formula is C18H21N3O3. The van der Waals surface area contributed by atoms with Crippen LogP contribution in [0.15, 0.2) is 36.5 Å². The van der Waals surface area contributed by atoms with Crippen molar-refractivity contribution >= 4 is 12.0 Å². The Morgan fingerprint density at radius 2 is 2.21 bits per heavy atom. The van der Waals surface area contributed by atoms with Gasteiger partial charge in [-0.1, -0.05) is 6.07 Å². The molecule has 1 saturated heterocycles. The van der Waals surface area contributed by atoms with E-state index in [1.807, 2.05) is 49.7 Å². The van der Waals surface area contributed by atoms with E-state index < -0.39 is 5.60 Å². The number of aromatic nitrogens is 2. The number of methoxy groups -OCH3 is 1. The fourth-order valence-electron chi connectivity index (χ4n) is 2.56. The maximum atomic E-state index is 12.0. The Balaban J connectivity index is 1.95. The highest BCUT2D eigenvalue weighted by Crippen LogP contribution is 2.27. The average Bonchev–Trinajstić information content (AvgIpc) is 2.97. The second-order valence-corrected chi connectivity index (χ2v) is 6.41. The molecule has 1 aliphatic rings. The Labute approximate surface area is 141 Å². The lowest BCUT2D eigenvalue weighted by molar-refractivity contribution is -0.129. The molecule has 2 heterocycles. The van der Waals surface area contributed by atoms with Crippen LogP contribution in [-0.2, 0) is 9.53 Å². The number of hydrogen-bond acceptors (Lipinski definition) is 4. The Hall–Kier alpha value is -2.76. The van der Waals surface area contributed by atoms with Crippen LogP contribution in [0.4, 0.5) is 0 Å². The summed E-state index contributed by atoms with van der Waals surface area (Å²) in [4.78, 5) is 16.2. The molecule has 1 aromatic heterocycles. The molecule has 1 aromatic carbocycles. The van der Waals surface area contributed by atoms with Gasteiger partial charge in [-0.05, 0) is 44.5 Å². The second kappa shape index (κ2) is 6.03. The molecule has 24 heavy (non-hydrogen) atoms. The smallest absolute Gasteiger partial charge is 0.286 e. The van der Waals surface area contributed by atoms with Crippen molar-refractivity contribution < 1.29 is 14.3 Å². The van der Waals surface area contributed by atoms with Gasteiger partial charge in [0.15, 0.2) is 5.76 Å². The van der Waals surface area contributed by atoms with Gasteiger partial charge in [-0.25, -0.2) is 4.98 Å². The minimum absolute atomic E-state index is 0.206. The van der Waals surface area contributed by atoms with Crippen molar-refractivity contribution in [1.29, 1.82) is 0 Å². The molecular weight excluding hydrogens is 306 g/mol. The molecule has 0 saturated carbocycles. The van der Waals surface area contributed by atoms with Gasteiger partial charge in [0.25, 0.3) is 5.91 Å². The highest BCUT2D eigenvalue weighted by atomic mass is 16.5. The van der Waals surface area contributed by atoms with E-state index in [1.54, 1.807) is 19.5 Å². The number of ether oxygens (including phenoxy) is 2. The van der Waals surface area contributed by atoms with Crippen LogP contribution in [0.5, 0.6) is 5.75 Å². The number of imidazole rings is 1. The molecule has 3 rings (SSSR count). The predicted molar refractivity (Wildman–Crippen MR) is 91.0 cm³/mol. The molecule has 0 atom stereocenters. The number of hydrogen-bond donors (Lipinski definition) is 1. The van der Waals surface area contributed by atoms with Gasteiger partial charge in [-0.3, -0.25) is 4.79 Å². The van der Waals surface area contributed by atoms with Crippen LogP contribution < -0.4 is 10.1 Å². The summed E-state index contributed by atoms with van der Waals surface area (Å²) in [5.74, 6) is 0.791. The summed E-state index contributed by atoms with van der Waals surface area (Å²) in [6, 6.07) is 5.71. The molecule has 2 aromatic rings. The summed E-state index contributed by atoms with van der Waals surface area (Å²) in [6.07, 6.45) is 5.39. The van der Waals surface area contributed by atoms with Crippen molar-refractivity contribution in [2.75, 3.05) is 13.7 Å². The summed E-state index contributed by atoms with van der Waals surface area (Å²) in [7, 11) is 1.62. The number of benzene rings is 1. The average molecular weight is 327 g/mol. The summed E-state index contributed by atoms with van der Waals surface area (Å²) in [5.41, 5.74) is 2.22. The van der Waals surface area contributed by atoms with Gasteiger partial charge in [0.1, 0.15) is 11.4 Å². The number of aryl methyl sites for hydroxylation is 1. The highest BCUT2D eigenvalue weighted by Gasteiger charge is 2.30. The lowest BCUT2D eigenvalue weighted by Gasteiger charge is -2.32. The fraction of sp³-hybridized carbons (Fsp3) is 0.333. The fourth-order valence-corrected chi connectivity index (χ4v) is 2.56. The second-order valence-electron chi connectivity index (χ2n) is 6.41. The molecule has 0 bridgehead atoms. The number of nitrogens with zero attached hydrogens (tertiary/aromatic N) is 2. The van der Waals surface area contributed by atoms with Crippen LogP contribution in [0.25, 0.3) is 11.8 Å². The van der Waals surface area contributed by atoms with Crippen molar-refractivity contribution in [2.24, 2.45) is 0 Å². The van der Waals surface area contributed by atoms with Crippen molar-refractivity contribution in [3.05, 3.63) is 47.7 Å². The van der Waals surface area contributed by atoms with Gasteiger partial charge in [0.05, 0.1) is 31.4 Å². The molecule has 1 N–H and O–H groups in total. The van der Waals surface area contributed by atoms with Crippen molar-refractivity contribution in [3.63, 3.8) is 0 Å². The molecule has 126 valence electrons. The molecule has 0 spiro atoms. The summed E-state index contributed by atoms with van der Waals surface area (Å²) >= 11 is 0. The minimum atomic E-state index is -0.419. The molecule has 0 unspecified atom stereocenters. The number of carbonyl (C=O) groups excluding carboxylic acids is 1. The van der Waals surface area contributed by atoms with Crippen LogP contribution >= 0.6 is 0 Å². The topological polar surface area (TPSA) is 65.4 Å². The predicted octanol–water partition coefficient (Wildman–Crippen LogP) is 2.46. The minimum Gasteiger partial charge on any atom is -0.495 e. The zero-order valence-electron chi connectivity index (χ0n) is 14.3. The molecule has 6 nitrogen and oxygen atoms in total. The largest absolute Gasteiger partial charge is 0.495 e. The van der Waals surface area contributed by atoms with Crippen LogP contribution in [0.1, 0.15) is 25.1 Å². The Bertz CT molecular complexity index is 806. The highest BCUT2D eigenvalue weighted by molar-refractivity contribution is 5.96. The van der Waals surface area contributed by atoms with Crippen LogP contribution in [-0.4, -0.2) is 34.7 Å². The van der Waals surface area contributed by atoms with Crippen LogP contribution in [0.3, 0.4) is 0 Å². The first kappa shape index (κ1) is 16.1. The number of morpholine rings is 1. The lowest BCUT2D eigenvalue weighted by atomic mass is 10.1. The molecule has 0 radical (unpaired) electrons. The molecule has 6 heteroatoms. The SMILES string of the molecule is COc1cc(C=C2OC(C)(C)CNC2=O)ccc1-n1cnc(C)c1. The monoisotopic (exact) mass is 327 g/mol. The zero-order valence-corrected chi connectivity index (χ0v) is 14.3. The number of carbonyl (C=O) groups is 1. The standard InChI is InChI=1S/C18H21N3O3/c1-12-9-21(11-20-12)14-6-5-13(7-15(14)23-4)8-16-17(22)19-10-18(2,3)24-16/h5-9,11H,10H2,1-4H3,(H,19,22). The molecule has 0 aliphatic carbocycles. The normalized spacial score (nSPS) is 18.2. The van der Waals surface area contributed by atoms with E-state index >= 15 is 0 Å².